The first-order valence-electron chi connectivity index (χ1n) is 8.33. The van der Waals surface area contributed by atoms with Crippen LogP contribution in [-0.4, -0.2) is 58.3 Å². The Kier molecular flexibility index (Phi) is 7.22. The lowest BCUT2D eigenvalue weighted by Crippen LogP contribution is -2.40. The summed E-state index contributed by atoms with van der Waals surface area (Å²) in [7, 11) is -1.79. The minimum atomic E-state index is -3.37. The SMILES string of the molecule is COc1ccc(CN(CCNC(=O)C2CCOCC2)S(C)(=O)=O)cc1. The van der Waals surface area contributed by atoms with Gasteiger partial charge < -0.3 is 14.8 Å². The summed E-state index contributed by atoms with van der Waals surface area (Å²) in [6.07, 6.45) is 2.61. The van der Waals surface area contributed by atoms with E-state index in [4.69, 9.17) is 9.47 Å². The molecule has 1 amide bonds. The second kappa shape index (κ2) is 9.17. The topological polar surface area (TPSA) is 84.9 Å². The van der Waals surface area contributed by atoms with E-state index in [0.717, 1.165) is 11.3 Å². The molecule has 8 heteroatoms. The van der Waals surface area contributed by atoms with Crippen LogP contribution >= 0.6 is 0 Å². The van der Waals surface area contributed by atoms with Crippen molar-refractivity contribution in [2.45, 2.75) is 19.4 Å². The molecule has 2 rings (SSSR count). The fourth-order valence-corrected chi connectivity index (χ4v) is 3.51. The van der Waals surface area contributed by atoms with Crippen LogP contribution in [0.4, 0.5) is 0 Å². The van der Waals surface area contributed by atoms with Crippen molar-refractivity contribution in [2.24, 2.45) is 5.92 Å². The van der Waals surface area contributed by atoms with Gasteiger partial charge in [0.05, 0.1) is 13.4 Å². The number of nitrogens with one attached hydrogen (secondary N) is 1. The largest absolute Gasteiger partial charge is 0.497 e. The average molecular weight is 370 g/mol. The maximum Gasteiger partial charge on any atom is 0.223 e. The minimum Gasteiger partial charge on any atom is -0.497 e. The van der Waals surface area contributed by atoms with Gasteiger partial charge in [0.2, 0.25) is 15.9 Å². The normalized spacial score (nSPS) is 16.0. The van der Waals surface area contributed by atoms with Crippen molar-refractivity contribution in [3.8, 4) is 5.75 Å². The smallest absolute Gasteiger partial charge is 0.223 e. The van der Waals surface area contributed by atoms with E-state index in [1.54, 1.807) is 19.2 Å². The van der Waals surface area contributed by atoms with Gasteiger partial charge in [-0.1, -0.05) is 12.1 Å². The molecule has 1 heterocycles. The number of hydrogen-bond acceptors (Lipinski definition) is 5. The lowest BCUT2D eigenvalue weighted by molar-refractivity contribution is -0.127. The number of rotatable bonds is 8. The summed E-state index contributed by atoms with van der Waals surface area (Å²) in [5.74, 6) is 0.654. The number of nitrogens with zero attached hydrogens (tertiary/aromatic N) is 1. The van der Waals surface area contributed by atoms with Crippen molar-refractivity contribution >= 4 is 15.9 Å². The molecular weight excluding hydrogens is 344 g/mol. The molecule has 1 aliphatic rings. The van der Waals surface area contributed by atoms with Crippen LogP contribution in [0.1, 0.15) is 18.4 Å². The Morgan fingerprint density at radius 3 is 2.48 bits per heavy atom. The summed E-state index contributed by atoms with van der Waals surface area (Å²) in [5, 5.41) is 2.84. The summed E-state index contributed by atoms with van der Waals surface area (Å²) < 4.78 is 35.7. The number of sulfonamides is 1. The van der Waals surface area contributed by atoms with Crippen LogP contribution in [0.5, 0.6) is 5.75 Å². The fourth-order valence-electron chi connectivity index (χ4n) is 2.70. The molecule has 1 saturated heterocycles. The van der Waals surface area contributed by atoms with Gasteiger partial charge in [-0.15, -0.1) is 0 Å². The lowest BCUT2D eigenvalue weighted by atomic mass is 9.99. The van der Waals surface area contributed by atoms with E-state index >= 15 is 0 Å². The van der Waals surface area contributed by atoms with E-state index in [9.17, 15) is 13.2 Å². The average Bonchev–Trinajstić information content (AvgIpc) is 2.61. The third-order valence-corrected chi connectivity index (χ3v) is 5.49. The maximum absolute atomic E-state index is 12.1. The van der Waals surface area contributed by atoms with Gasteiger partial charge in [-0.3, -0.25) is 4.79 Å². The van der Waals surface area contributed by atoms with Crippen LogP contribution in [0.15, 0.2) is 24.3 Å². The van der Waals surface area contributed by atoms with Crippen molar-refractivity contribution < 1.29 is 22.7 Å². The molecule has 0 spiro atoms. The Morgan fingerprint density at radius 2 is 1.92 bits per heavy atom. The van der Waals surface area contributed by atoms with E-state index in [-0.39, 0.29) is 24.9 Å². The second-order valence-corrected chi connectivity index (χ2v) is 8.10. The number of amides is 1. The molecule has 1 aromatic rings. The predicted molar refractivity (Wildman–Crippen MR) is 94.8 cm³/mol. The Labute approximate surface area is 149 Å². The van der Waals surface area contributed by atoms with Crippen molar-refractivity contribution in [1.29, 1.82) is 0 Å². The maximum atomic E-state index is 12.1. The molecule has 25 heavy (non-hydrogen) atoms. The molecule has 1 aromatic carbocycles. The Balaban J connectivity index is 1.88. The zero-order valence-corrected chi connectivity index (χ0v) is 15.5. The molecule has 1 fully saturated rings. The highest BCUT2D eigenvalue weighted by atomic mass is 32.2. The van der Waals surface area contributed by atoms with E-state index in [2.05, 4.69) is 5.32 Å². The van der Waals surface area contributed by atoms with Gasteiger partial charge in [0.25, 0.3) is 0 Å². The first kappa shape index (κ1) is 19.7. The Bertz CT molecular complexity index is 654. The van der Waals surface area contributed by atoms with Crippen molar-refractivity contribution in [1.82, 2.24) is 9.62 Å². The number of hydrogen-bond donors (Lipinski definition) is 1. The quantitative estimate of drug-likeness (QED) is 0.738. The molecule has 7 nitrogen and oxygen atoms in total. The molecule has 0 bridgehead atoms. The zero-order valence-electron chi connectivity index (χ0n) is 14.7. The first-order chi connectivity index (χ1) is 11.9. The predicted octanol–water partition coefficient (Wildman–Crippen LogP) is 1.000. The molecule has 0 radical (unpaired) electrons. The molecule has 0 aliphatic carbocycles. The van der Waals surface area contributed by atoms with Crippen LogP contribution in [0, 0.1) is 5.92 Å². The monoisotopic (exact) mass is 370 g/mol. The van der Waals surface area contributed by atoms with Crippen molar-refractivity contribution in [3.05, 3.63) is 29.8 Å². The molecule has 1 aliphatic heterocycles. The lowest BCUT2D eigenvalue weighted by Gasteiger charge is -2.23. The Hall–Kier alpha value is -1.64. The van der Waals surface area contributed by atoms with Gasteiger partial charge in [0, 0.05) is 38.8 Å². The number of methoxy groups -OCH3 is 1. The summed E-state index contributed by atoms with van der Waals surface area (Å²) in [4.78, 5) is 12.1. The second-order valence-electron chi connectivity index (χ2n) is 6.12. The number of ether oxygens (including phenoxy) is 2. The fraction of sp³-hybridized carbons (Fsp3) is 0.588. The van der Waals surface area contributed by atoms with E-state index in [1.165, 1.54) is 10.6 Å². The molecule has 140 valence electrons. The van der Waals surface area contributed by atoms with E-state index in [1.807, 2.05) is 12.1 Å². The number of carbonyl (C=O) groups excluding carboxylic acids is 1. The highest BCUT2D eigenvalue weighted by Gasteiger charge is 2.22. The van der Waals surface area contributed by atoms with Crippen LogP contribution in [0.25, 0.3) is 0 Å². The molecule has 0 unspecified atom stereocenters. The van der Waals surface area contributed by atoms with Crippen LogP contribution in [0.3, 0.4) is 0 Å². The Morgan fingerprint density at radius 1 is 1.28 bits per heavy atom. The standard InChI is InChI=1S/C17H26N2O5S/c1-23-16-5-3-14(4-6-16)13-19(25(2,21)22)10-9-18-17(20)15-7-11-24-12-8-15/h3-6,15H,7-13H2,1-2H3,(H,18,20). The summed E-state index contributed by atoms with van der Waals surface area (Å²) >= 11 is 0. The third kappa shape index (κ3) is 6.30. The van der Waals surface area contributed by atoms with Crippen LogP contribution in [-0.2, 0) is 26.1 Å². The van der Waals surface area contributed by atoms with E-state index in [0.29, 0.717) is 32.6 Å². The van der Waals surface area contributed by atoms with Gasteiger partial charge >= 0.3 is 0 Å². The highest BCUT2D eigenvalue weighted by molar-refractivity contribution is 7.88. The van der Waals surface area contributed by atoms with Gasteiger partial charge in [0.15, 0.2) is 0 Å². The third-order valence-electron chi connectivity index (χ3n) is 4.24. The molecular formula is C17H26N2O5S. The number of benzene rings is 1. The van der Waals surface area contributed by atoms with E-state index < -0.39 is 10.0 Å². The van der Waals surface area contributed by atoms with Crippen LogP contribution in [0.2, 0.25) is 0 Å². The van der Waals surface area contributed by atoms with Crippen LogP contribution < -0.4 is 10.1 Å². The minimum absolute atomic E-state index is 0.0267. The summed E-state index contributed by atoms with van der Waals surface area (Å²) in [5.41, 5.74) is 0.863. The first-order valence-corrected chi connectivity index (χ1v) is 10.2. The van der Waals surface area contributed by atoms with Crippen molar-refractivity contribution in [3.63, 3.8) is 0 Å². The van der Waals surface area contributed by atoms with Crippen molar-refractivity contribution in [2.75, 3.05) is 39.7 Å². The highest BCUT2D eigenvalue weighted by Crippen LogP contribution is 2.15. The summed E-state index contributed by atoms with van der Waals surface area (Å²) in [6, 6.07) is 7.25. The van der Waals surface area contributed by atoms with Gasteiger partial charge in [-0.05, 0) is 30.5 Å². The molecule has 0 aromatic heterocycles. The molecule has 0 saturated carbocycles. The zero-order chi connectivity index (χ0) is 18.3. The number of carbonyl (C=O) groups is 1. The molecule has 1 N–H and O–H groups in total. The van der Waals surface area contributed by atoms with Gasteiger partial charge in [-0.25, -0.2) is 8.42 Å². The van der Waals surface area contributed by atoms with Gasteiger partial charge in [-0.2, -0.15) is 4.31 Å². The van der Waals surface area contributed by atoms with Gasteiger partial charge in [0.1, 0.15) is 5.75 Å². The summed E-state index contributed by atoms with van der Waals surface area (Å²) in [6.45, 7) is 1.99. The molecule has 0 atom stereocenters.